The molecule has 0 spiro atoms. The van der Waals surface area contributed by atoms with Crippen LogP contribution in [0.5, 0.6) is 0 Å². The molecule has 0 amide bonds. The summed E-state index contributed by atoms with van der Waals surface area (Å²) in [6.07, 6.45) is 0. The number of fused-ring (bicyclic) bond motifs is 6. The zero-order chi connectivity index (χ0) is 38.8. The highest BCUT2D eigenvalue weighted by atomic mass is 15.0. The van der Waals surface area contributed by atoms with Crippen LogP contribution in [0.15, 0.2) is 206 Å². The summed E-state index contributed by atoms with van der Waals surface area (Å²) in [4.78, 5) is 5.10. The lowest BCUT2D eigenvalue weighted by atomic mass is 9.81. The zero-order valence-electron chi connectivity index (χ0n) is 32.5. The molecule has 2 heterocycles. The molecule has 58 heavy (non-hydrogen) atoms. The number of hydrogen-bond acceptors (Lipinski definition) is 1. The standard InChI is InChI=1S/C56H40N2/c1-56(2)50-19-11-9-17-46(50)47-31-27-42(33-51(47)56)37-21-23-38(24-22-37)43-28-32-49-48-18-10-12-20-54(48)58(55(49)36-43)45-29-25-39(26-30-45)44-34-52(40-13-5-3-6-14-40)57-53(35-44)41-15-7-4-8-16-41/h3-36H,1-2H3. The fraction of sp³-hybridized carbons (Fsp3) is 0.0536. The fourth-order valence-corrected chi connectivity index (χ4v) is 9.18. The van der Waals surface area contributed by atoms with E-state index in [0.717, 1.165) is 39.3 Å². The molecule has 1 aliphatic carbocycles. The molecule has 0 radical (unpaired) electrons. The molecule has 11 rings (SSSR count). The van der Waals surface area contributed by atoms with Crippen molar-refractivity contribution in [1.82, 2.24) is 9.55 Å². The molecule has 0 atom stereocenters. The lowest BCUT2D eigenvalue weighted by Crippen LogP contribution is -2.14. The summed E-state index contributed by atoms with van der Waals surface area (Å²) >= 11 is 0. The van der Waals surface area contributed by atoms with Gasteiger partial charge in [0.25, 0.3) is 0 Å². The first-order valence-corrected chi connectivity index (χ1v) is 20.1. The van der Waals surface area contributed by atoms with Crippen molar-refractivity contribution in [2.75, 3.05) is 0 Å². The van der Waals surface area contributed by atoms with Gasteiger partial charge in [0, 0.05) is 33.0 Å². The zero-order valence-corrected chi connectivity index (χ0v) is 32.5. The Hall–Kier alpha value is -7.29. The van der Waals surface area contributed by atoms with E-state index in [-0.39, 0.29) is 5.41 Å². The van der Waals surface area contributed by atoms with Crippen LogP contribution in [0.3, 0.4) is 0 Å². The molecule has 8 aromatic carbocycles. The van der Waals surface area contributed by atoms with E-state index in [4.69, 9.17) is 4.98 Å². The van der Waals surface area contributed by atoms with E-state index in [1.54, 1.807) is 0 Å². The molecule has 0 unspecified atom stereocenters. The van der Waals surface area contributed by atoms with Crippen LogP contribution in [0.2, 0.25) is 0 Å². The second kappa shape index (κ2) is 13.4. The molecule has 2 aromatic heterocycles. The van der Waals surface area contributed by atoms with Crippen molar-refractivity contribution in [2.24, 2.45) is 0 Å². The molecule has 2 nitrogen and oxygen atoms in total. The minimum Gasteiger partial charge on any atom is -0.309 e. The van der Waals surface area contributed by atoms with Crippen LogP contribution in [-0.4, -0.2) is 9.55 Å². The highest BCUT2D eigenvalue weighted by molar-refractivity contribution is 6.10. The molecule has 274 valence electrons. The SMILES string of the molecule is CC1(C)c2ccccc2-c2ccc(-c3ccc(-c4ccc5c6ccccc6n(-c6ccc(-c7cc(-c8ccccc8)nc(-c8ccccc8)c7)cc6)c5c4)cc3)cc21. The maximum Gasteiger partial charge on any atom is 0.0715 e. The molecular weight excluding hydrogens is 701 g/mol. The Kier molecular flexibility index (Phi) is 7.87. The first kappa shape index (κ1) is 34.0. The summed E-state index contributed by atoms with van der Waals surface area (Å²) in [5.74, 6) is 0. The maximum absolute atomic E-state index is 5.10. The van der Waals surface area contributed by atoms with E-state index in [0.29, 0.717) is 0 Å². The number of pyridine rings is 1. The van der Waals surface area contributed by atoms with Crippen LogP contribution in [0.1, 0.15) is 25.0 Å². The fourth-order valence-electron chi connectivity index (χ4n) is 9.18. The van der Waals surface area contributed by atoms with E-state index < -0.39 is 0 Å². The number of hydrogen-bond donors (Lipinski definition) is 0. The van der Waals surface area contributed by atoms with Gasteiger partial charge in [-0.3, -0.25) is 0 Å². The first-order valence-electron chi connectivity index (χ1n) is 20.1. The van der Waals surface area contributed by atoms with Gasteiger partial charge in [0.1, 0.15) is 0 Å². The molecule has 0 bridgehead atoms. The summed E-state index contributed by atoms with van der Waals surface area (Å²) < 4.78 is 2.41. The second-order valence-electron chi connectivity index (χ2n) is 16.0. The summed E-state index contributed by atoms with van der Waals surface area (Å²) in [5.41, 5.74) is 20.3. The lowest BCUT2D eigenvalue weighted by Gasteiger charge is -2.22. The van der Waals surface area contributed by atoms with Gasteiger partial charge in [0.05, 0.1) is 22.4 Å². The maximum atomic E-state index is 5.10. The number of nitrogens with zero attached hydrogens (tertiary/aromatic N) is 2. The van der Waals surface area contributed by atoms with Crippen molar-refractivity contribution >= 4 is 21.8 Å². The van der Waals surface area contributed by atoms with Crippen LogP contribution in [0, 0.1) is 0 Å². The largest absolute Gasteiger partial charge is 0.309 e. The van der Waals surface area contributed by atoms with Crippen molar-refractivity contribution in [3.63, 3.8) is 0 Å². The molecule has 1 aliphatic rings. The predicted octanol–water partition coefficient (Wildman–Crippen LogP) is 14.8. The normalized spacial score (nSPS) is 12.8. The third-order valence-corrected chi connectivity index (χ3v) is 12.2. The van der Waals surface area contributed by atoms with Gasteiger partial charge in [0.15, 0.2) is 0 Å². The Morgan fingerprint density at radius 1 is 0.345 bits per heavy atom. The topological polar surface area (TPSA) is 17.8 Å². The Morgan fingerprint density at radius 2 is 0.845 bits per heavy atom. The van der Waals surface area contributed by atoms with Crippen molar-refractivity contribution in [3.8, 4) is 72.7 Å². The molecular formula is C56H40N2. The summed E-state index contributed by atoms with van der Waals surface area (Å²) in [7, 11) is 0. The third-order valence-electron chi connectivity index (χ3n) is 12.2. The van der Waals surface area contributed by atoms with Gasteiger partial charge in [-0.2, -0.15) is 0 Å². The number of benzene rings is 8. The smallest absolute Gasteiger partial charge is 0.0715 e. The average molecular weight is 741 g/mol. The van der Waals surface area contributed by atoms with E-state index in [1.165, 1.54) is 66.3 Å². The Bertz CT molecular complexity index is 3090. The Morgan fingerprint density at radius 3 is 1.53 bits per heavy atom. The highest BCUT2D eigenvalue weighted by Gasteiger charge is 2.35. The molecule has 2 heteroatoms. The first-order chi connectivity index (χ1) is 28.5. The van der Waals surface area contributed by atoms with Crippen LogP contribution in [-0.2, 0) is 5.41 Å². The third kappa shape index (κ3) is 5.60. The summed E-state index contributed by atoms with van der Waals surface area (Å²) in [6.45, 7) is 4.69. The Labute approximate surface area is 339 Å². The minimum absolute atomic E-state index is 0.0209. The molecule has 0 fully saturated rings. The van der Waals surface area contributed by atoms with Crippen LogP contribution < -0.4 is 0 Å². The van der Waals surface area contributed by atoms with Crippen molar-refractivity contribution in [1.29, 1.82) is 0 Å². The van der Waals surface area contributed by atoms with Gasteiger partial charge in [-0.15, -0.1) is 0 Å². The van der Waals surface area contributed by atoms with Gasteiger partial charge in [0.2, 0.25) is 0 Å². The Balaban J connectivity index is 0.956. The van der Waals surface area contributed by atoms with E-state index >= 15 is 0 Å². The minimum atomic E-state index is -0.0209. The van der Waals surface area contributed by atoms with Gasteiger partial charge in [-0.05, 0) is 98.1 Å². The van der Waals surface area contributed by atoms with Crippen LogP contribution in [0.25, 0.3) is 94.5 Å². The quantitative estimate of drug-likeness (QED) is 0.166. The second-order valence-corrected chi connectivity index (χ2v) is 16.0. The van der Waals surface area contributed by atoms with Gasteiger partial charge in [-0.25, -0.2) is 4.98 Å². The van der Waals surface area contributed by atoms with Crippen LogP contribution in [0.4, 0.5) is 0 Å². The van der Waals surface area contributed by atoms with Gasteiger partial charge in [-0.1, -0.05) is 178 Å². The molecule has 0 saturated heterocycles. The molecule has 0 N–H and O–H groups in total. The van der Waals surface area contributed by atoms with Gasteiger partial charge >= 0.3 is 0 Å². The average Bonchev–Trinajstić information content (AvgIpc) is 3.74. The van der Waals surface area contributed by atoms with E-state index in [9.17, 15) is 0 Å². The molecule has 10 aromatic rings. The van der Waals surface area contributed by atoms with E-state index in [2.05, 4.69) is 213 Å². The number of para-hydroxylation sites is 1. The van der Waals surface area contributed by atoms with E-state index in [1.807, 2.05) is 12.1 Å². The number of aromatic nitrogens is 2. The number of rotatable bonds is 6. The monoisotopic (exact) mass is 740 g/mol. The highest BCUT2D eigenvalue weighted by Crippen LogP contribution is 2.49. The lowest BCUT2D eigenvalue weighted by molar-refractivity contribution is 0.660. The van der Waals surface area contributed by atoms with Crippen molar-refractivity contribution in [3.05, 3.63) is 217 Å². The summed E-state index contributed by atoms with van der Waals surface area (Å²) in [5, 5.41) is 2.50. The van der Waals surface area contributed by atoms with Crippen molar-refractivity contribution in [2.45, 2.75) is 19.3 Å². The molecule has 0 saturated carbocycles. The van der Waals surface area contributed by atoms with Crippen LogP contribution >= 0.6 is 0 Å². The van der Waals surface area contributed by atoms with Gasteiger partial charge < -0.3 is 4.57 Å². The van der Waals surface area contributed by atoms with Crippen molar-refractivity contribution < 1.29 is 0 Å². The molecule has 0 aliphatic heterocycles. The summed E-state index contributed by atoms with van der Waals surface area (Å²) in [6, 6.07) is 74.9. The predicted molar refractivity (Wildman–Crippen MR) is 243 cm³/mol.